The Kier molecular flexibility index (Phi) is 3.90. The van der Waals surface area contributed by atoms with Crippen LogP contribution < -0.4 is 5.56 Å². The summed E-state index contributed by atoms with van der Waals surface area (Å²) in [6.07, 6.45) is 2.44. The molecule has 0 aliphatic rings. The van der Waals surface area contributed by atoms with Crippen molar-refractivity contribution in [2.75, 3.05) is 0 Å². The zero-order valence-electron chi connectivity index (χ0n) is 8.80. The first-order chi connectivity index (χ1) is 8.59. The summed E-state index contributed by atoms with van der Waals surface area (Å²) in [4.78, 5) is 11.5. The Balaban J connectivity index is 2.49. The first kappa shape index (κ1) is 12.9. The van der Waals surface area contributed by atoms with Gasteiger partial charge in [-0.15, -0.1) is 0 Å². The van der Waals surface area contributed by atoms with Gasteiger partial charge >= 0.3 is 0 Å². The fourth-order valence-electron chi connectivity index (χ4n) is 1.20. The van der Waals surface area contributed by atoms with E-state index in [0.29, 0.717) is 15.6 Å². The topological polar surface area (TPSA) is 63.0 Å². The average Bonchev–Trinajstić information content (AvgIpc) is 2.31. The second-order valence-corrected chi connectivity index (χ2v) is 4.41. The summed E-state index contributed by atoms with van der Waals surface area (Å²) in [6, 6.07) is 5.06. The number of H-pyrrole nitrogens is 1. The lowest BCUT2D eigenvalue weighted by molar-refractivity contribution is 0.738. The van der Waals surface area contributed by atoms with Crippen LogP contribution >= 0.6 is 35.4 Å². The molecule has 2 rings (SSSR count). The molecule has 0 spiro atoms. The van der Waals surface area contributed by atoms with E-state index in [1.807, 2.05) is 0 Å². The normalized spacial score (nSPS) is 11.0. The lowest BCUT2D eigenvalue weighted by Crippen LogP contribution is -2.18. The SMILES string of the molecule is O=c1cn[nH]c(=S)n1/N=C/c1c(Cl)cccc1Cl. The number of benzene rings is 1. The minimum atomic E-state index is -0.446. The monoisotopic (exact) mass is 300 g/mol. The van der Waals surface area contributed by atoms with Crippen molar-refractivity contribution in [2.45, 2.75) is 0 Å². The fraction of sp³-hybridized carbons (Fsp3) is 0. The third-order valence-corrected chi connectivity index (χ3v) is 2.96. The molecule has 5 nitrogen and oxygen atoms in total. The number of halogens is 2. The van der Waals surface area contributed by atoms with Gasteiger partial charge in [-0.05, 0) is 24.4 Å². The lowest BCUT2D eigenvalue weighted by atomic mass is 10.2. The van der Waals surface area contributed by atoms with Crippen LogP contribution in [0.4, 0.5) is 0 Å². The number of nitrogens with zero attached hydrogens (tertiary/aromatic N) is 3. The first-order valence-electron chi connectivity index (χ1n) is 4.74. The predicted octanol–water partition coefficient (Wildman–Crippen LogP) is 2.49. The van der Waals surface area contributed by atoms with Crippen LogP contribution in [0.5, 0.6) is 0 Å². The molecule has 1 aromatic heterocycles. The van der Waals surface area contributed by atoms with Crippen LogP contribution in [0.15, 0.2) is 34.3 Å². The summed E-state index contributed by atoms with van der Waals surface area (Å²) in [6.45, 7) is 0. The van der Waals surface area contributed by atoms with Crippen molar-refractivity contribution < 1.29 is 0 Å². The van der Waals surface area contributed by atoms with E-state index < -0.39 is 5.56 Å². The zero-order valence-corrected chi connectivity index (χ0v) is 11.1. The van der Waals surface area contributed by atoms with Gasteiger partial charge in [0.15, 0.2) is 0 Å². The minimum Gasteiger partial charge on any atom is -0.265 e. The molecular formula is C10H6Cl2N4OS. The summed E-state index contributed by atoms with van der Waals surface area (Å²) in [5.41, 5.74) is 0.0668. The predicted molar refractivity (Wildman–Crippen MR) is 73.1 cm³/mol. The molecule has 18 heavy (non-hydrogen) atoms. The van der Waals surface area contributed by atoms with Gasteiger partial charge in [-0.25, -0.2) is 0 Å². The highest BCUT2D eigenvalue weighted by Gasteiger charge is 2.02. The van der Waals surface area contributed by atoms with Gasteiger partial charge in [0.05, 0.1) is 16.3 Å². The van der Waals surface area contributed by atoms with E-state index in [9.17, 15) is 4.79 Å². The molecule has 0 saturated heterocycles. The van der Waals surface area contributed by atoms with E-state index in [1.54, 1.807) is 18.2 Å². The van der Waals surface area contributed by atoms with Crippen LogP contribution in [0.3, 0.4) is 0 Å². The largest absolute Gasteiger partial charge is 0.293 e. The molecule has 1 aromatic carbocycles. The van der Waals surface area contributed by atoms with Gasteiger partial charge in [0.1, 0.15) is 6.20 Å². The van der Waals surface area contributed by atoms with Gasteiger partial charge in [-0.1, -0.05) is 29.3 Å². The van der Waals surface area contributed by atoms with E-state index in [1.165, 1.54) is 6.21 Å². The van der Waals surface area contributed by atoms with Gasteiger partial charge < -0.3 is 0 Å². The van der Waals surface area contributed by atoms with E-state index in [4.69, 9.17) is 35.4 Å². The van der Waals surface area contributed by atoms with Crippen molar-refractivity contribution in [3.8, 4) is 0 Å². The number of hydrogen-bond acceptors (Lipinski definition) is 4. The molecule has 1 N–H and O–H groups in total. The highest BCUT2D eigenvalue weighted by Crippen LogP contribution is 2.22. The number of aromatic amines is 1. The maximum absolute atomic E-state index is 11.5. The van der Waals surface area contributed by atoms with E-state index >= 15 is 0 Å². The molecule has 0 fully saturated rings. The molecule has 8 heteroatoms. The molecule has 0 saturated carbocycles. The van der Waals surface area contributed by atoms with Crippen molar-refractivity contribution >= 4 is 41.6 Å². The molecule has 1 heterocycles. The van der Waals surface area contributed by atoms with Crippen LogP contribution in [0, 0.1) is 4.77 Å². The van der Waals surface area contributed by atoms with Crippen LogP contribution in [0.2, 0.25) is 10.0 Å². The highest BCUT2D eigenvalue weighted by molar-refractivity contribution is 7.71. The standard InChI is InChI=1S/C10H6Cl2N4OS/c11-7-2-1-3-8(12)6(7)4-14-16-9(17)5-13-15-10(16)18/h1-5H,(H,15,18)/b14-4+. The number of hydrogen-bond donors (Lipinski definition) is 1. The second-order valence-electron chi connectivity index (χ2n) is 3.21. The first-order valence-corrected chi connectivity index (χ1v) is 5.91. The quantitative estimate of drug-likeness (QED) is 0.684. The molecule has 0 aliphatic carbocycles. The lowest BCUT2D eigenvalue weighted by Gasteiger charge is -2.00. The Hall–Kier alpha value is -1.50. The van der Waals surface area contributed by atoms with Gasteiger partial charge in [-0.2, -0.15) is 14.9 Å². The Morgan fingerprint density at radius 3 is 2.67 bits per heavy atom. The number of aromatic nitrogens is 3. The molecule has 0 radical (unpaired) electrons. The van der Waals surface area contributed by atoms with Crippen molar-refractivity contribution in [1.29, 1.82) is 0 Å². The van der Waals surface area contributed by atoms with E-state index in [2.05, 4.69) is 15.3 Å². The van der Waals surface area contributed by atoms with Gasteiger partial charge in [0.2, 0.25) is 4.77 Å². The third kappa shape index (κ3) is 2.66. The van der Waals surface area contributed by atoms with Crippen molar-refractivity contribution in [3.05, 3.63) is 55.1 Å². The molecule has 0 atom stereocenters. The molecule has 0 amide bonds. The van der Waals surface area contributed by atoms with Crippen LogP contribution in [0.25, 0.3) is 0 Å². The summed E-state index contributed by atoms with van der Waals surface area (Å²) < 4.78 is 1.07. The van der Waals surface area contributed by atoms with Gasteiger partial charge in [0.25, 0.3) is 5.56 Å². The average molecular weight is 301 g/mol. The van der Waals surface area contributed by atoms with Crippen LogP contribution in [-0.4, -0.2) is 21.1 Å². The summed E-state index contributed by atoms with van der Waals surface area (Å²) in [5, 5.41) is 10.8. The smallest absolute Gasteiger partial charge is 0.265 e. The molecule has 2 aromatic rings. The fourth-order valence-corrected chi connectivity index (χ4v) is 1.89. The summed E-state index contributed by atoms with van der Waals surface area (Å²) in [7, 11) is 0. The molecule has 92 valence electrons. The van der Waals surface area contributed by atoms with Gasteiger partial charge in [0, 0.05) is 5.56 Å². The minimum absolute atomic E-state index is 0.0851. The Labute approximate surface area is 117 Å². The third-order valence-electron chi connectivity index (χ3n) is 2.04. The molecule has 0 bridgehead atoms. The number of nitrogens with one attached hydrogen (secondary N) is 1. The second kappa shape index (κ2) is 5.43. The zero-order chi connectivity index (χ0) is 13.1. The Morgan fingerprint density at radius 1 is 1.39 bits per heavy atom. The van der Waals surface area contributed by atoms with Crippen LogP contribution in [-0.2, 0) is 0 Å². The van der Waals surface area contributed by atoms with E-state index in [-0.39, 0.29) is 4.77 Å². The van der Waals surface area contributed by atoms with Crippen molar-refractivity contribution in [3.63, 3.8) is 0 Å². The van der Waals surface area contributed by atoms with E-state index in [0.717, 1.165) is 10.9 Å². The Bertz CT molecular complexity index is 674. The molecule has 0 unspecified atom stereocenters. The summed E-state index contributed by atoms with van der Waals surface area (Å²) in [5.74, 6) is 0. The molecule has 0 aliphatic heterocycles. The van der Waals surface area contributed by atoms with Crippen LogP contribution in [0.1, 0.15) is 5.56 Å². The Morgan fingerprint density at radius 2 is 2.06 bits per heavy atom. The maximum Gasteiger partial charge on any atom is 0.293 e. The summed E-state index contributed by atoms with van der Waals surface area (Å²) >= 11 is 16.8. The highest BCUT2D eigenvalue weighted by atomic mass is 35.5. The molecular weight excluding hydrogens is 295 g/mol. The number of rotatable bonds is 2. The van der Waals surface area contributed by atoms with Crippen molar-refractivity contribution in [1.82, 2.24) is 14.9 Å². The van der Waals surface area contributed by atoms with Crippen molar-refractivity contribution in [2.24, 2.45) is 5.10 Å². The maximum atomic E-state index is 11.5. The van der Waals surface area contributed by atoms with Gasteiger partial charge in [-0.3, -0.25) is 9.89 Å².